The molecule has 94 valence electrons. The maximum absolute atomic E-state index is 11.2. The van der Waals surface area contributed by atoms with Crippen LogP contribution in [0, 0.1) is 5.92 Å². The molecule has 5 N–H and O–H groups in total. The van der Waals surface area contributed by atoms with Crippen molar-refractivity contribution in [3.8, 4) is 0 Å². The number of carbonyl (C=O) groups excluding carboxylic acids is 1. The number of primary amides is 1. The molecule has 1 saturated heterocycles. The predicted molar refractivity (Wildman–Crippen MR) is 69.1 cm³/mol. The average molecular weight is 255 g/mol. The van der Waals surface area contributed by atoms with E-state index in [0.29, 0.717) is 16.5 Å². The number of nitrogens with zero attached hydrogens (tertiary/aromatic N) is 2. The van der Waals surface area contributed by atoms with Gasteiger partial charge in [-0.1, -0.05) is 0 Å². The Kier molecular flexibility index (Phi) is 3.49. The topological polar surface area (TPSA) is 97.3 Å². The number of rotatable bonds is 4. The third-order valence-electron chi connectivity index (χ3n) is 3.01. The number of nitrogen functional groups attached to an aromatic ring is 1. The Morgan fingerprint density at radius 3 is 3.06 bits per heavy atom. The van der Waals surface area contributed by atoms with Crippen LogP contribution in [0.5, 0.6) is 0 Å². The quantitative estimate of drug-likeness (QED) is 0.713. The summed E-state index contributed by atoms with van der Waals surface area (Å²) in [6, 6.07) is 0. The molecule has 0 aliphatic carbocycles. The Balaban J connectivity index is 1.97. The molecule has 0 radical (unpaired) electrons. The number of amides is 1. The highest BCUT2D eigenvalue weighted by Gasteiger charge is 2.21. The lowest BCUT2D eigenvalue weighted by molar-refractivity contribution is 0.100. The van der Waals surface area contributed by atoms with Gasteiger partial charge in [0.25, 0.3) is 5.91 Å². The van der Waals surface area contributed by atoms with Crippen LogP contribution in [0.25, 0.3) is 0 Å². The van der Waals surface area contributed by atoms with Crippen LogP contribution in [-0.4, -0.2) is 41.9 Å². The molecule has 6 nitrogen and oxygen atoms in total. The minimum absolute atomic E-state index is 0.216. The van der Waals surface area contributed by atoms with Crippen LogP contribution in [0.1, 0.15) is 16.8 Å². The highest BCUT2D eigenvalue weighted by molar-refractivity contribution is 7.11. The van der Waals surface area contributed by atoms with E-state index >= 15 is 0 Å². The number of anilines is 2. The van der Waals surface area contributed by atoms with E-state index in [1.807, 2.05) is 0 Å². The zero-order chi connectivity index (χ0) is 12.4. The number of carbonyl (C=O) groups is 1. The van der Waals surface area contributed by atoms with E-state index in [1.54, 1.807) is 0 Å². The molecule has 0 aromatic carbocycles. The molecule has 1 aromatic rings. The molecule has 2 heterocycles. The van der Waals surface area contributed by atoms with Crippen molar-refractivity contribution in [3.63, 3.8) is 0 Å². The highest BCUT2D eigenvalue weighted by Crippen LogP contribution is 2.27. The zero-order valence-electron chi connectivity index (χ0n) is 9.77. The molecule has 1 aliphatic rings. The van der Waals surface area contributed by atoms with Crippen molar-refractivity contribution in [3.05, 3.63) is 5.56 Å². The van der Waals surface area contributed by atoms with E-state index in [-0.39, 0.29) is 5.82 Å². The largest absolute Gasteiger partial charge is 0.382 e. The van der Waals surface area contributed by atoms with E-state index < -0.39 is 5.91 Å². The van der Waals surface area contributed by atoms with Crippen molar-refractivity contribution in [1.82, 2.24) is 9.27 Å². The number of hydrogen-bond acceptors (Lipinski definition) is 6. The summed E-state index contributed by atoms with van der Waals surface area (Å²) in [6.45, 7) is 3.03. The summed E-state index contributed by atoms with van der Waals surface area (Å²) >= 11 is 1.19. The summed E-state index contributed by atoms with van der Waals surface area (Å²) in [5.41, 5.74) is 11.2. The number of nitrogens with two attached hydrogens (primary N) is 2. The summed E-state index contributed by atoms with van der Waals surface area (Å²) in [4.78, 5) is 13.5. The maximum atomic E-state index is 11.2. The molecule has 1 aromatic heterocycles. The first kappa shape index (κ1) is 12.1. The molecule has 1 unspecified atom stereocenters. The van der Waals surface area contributed by atoms with Crippen LogP contribution in [-0.2, 0) is 0 Å². The second kappa shape index (κ2) is 4.89. The van der Waals surface area contributed by atoms with Crippen LogP contribution in [0.4, 0.5) is 10.8 Å². The Bertz CT molecular complexity index is 419. The average Bonchev–Trinajstić information content (AvgIpc) is 2.82. The van der Waals surface area contributed by atoms with Crippen molar-refractivity contribution < 1.29 is 4.79 Å². The fourth-order valence-corrected chi connectivity index (χ4v) is 2.82. The van der Waals surface area contributed by atoms with E-state index in [0.717, 1.165) is 19.6 Å². The molecule has 0 spiro atoms. The number of likely N-dealkylation sites (tertiary alicyclic amines) is 1. The number of hydrogen-bond donors (Lipinski definition) is 3. The SMILES string of the molecule is CN1CCC(CNc2snc(N)c2C(N)=O)C1. The normalized spacial score (nSPS) is 20.6. The Labute approximate surface area is 104 Å². The number of aromatic nitrogens is 1. The van der Waals surface area contributed by atoms with Gasteiger partial charge in [-0.15, -0.1) is 0 Å². The summed E-state index contributed by atoms with van der Waals surface area (Å²) < 4.78 is 3.94. The second-order valence-electron chi connectivity index (χ2n) is 4.43. The summed E-state index contributed by atoms with van der Waals surface area (Å²) in [5.74, 6) is 0.292. The Morgan fingerprint density at radius 1 is 1.71 bits per heavy atom. The van der Waals surface area contributed by atoms with Crippen molar-refractivity contribution in [2.75, 3.05) is 37.7 Å². The van der Waals surface area contributed by atoms with Crippen molar-refractivity contribution >= 4 is 28.3 Å². The summed E-state index contributed by atoms with van der Waals surface area (Å²) in [5, 5.41) is 3.91. The van der Waals surface area contributed by atoms with Gasteiger partial charge in [0.05, 0.1) is 0 Å². The van der Waals surface area contributed by atoms with Gasteiger partial charge in [-0.2, -0.15) is 4.37 Å². The lowest BCUT2D eigenvalue weighted by atomic mass is 10.1. The fourth-order valence-electron chi connectivity index (χ4n) is 2.09. The molecule has 17 heavy (non-hydrogen) atoms. The van der Waals surface area contributed by atoms with Crippen LogP contribution in [0.15, 0.2) is 0 Å². The zero-order valence-corrected chi connectivity index (χ0v) is 10.6. The molecule has 0 saturated carbocycles. The van der Waals surface area contributed by atoms with Gasteiger partial charge in [0.1, 0.15) is 10.6 Å². The highest BCUT2D eigenvalue weighted by atomic mass is 32.1. The molecule has 7 heteroatoms. The summed E-state index contributed by atoms with van der Waals surface area (Å²) in [7, 11) is 2.11. The van der Waals surface area contributed by atoms with Crippen molar-refractivity contribution in [2.24, 2.45) is 11.7 Å². The smallest absolute Gasteiger partial charge is 0.255 e. The van der Waals surface area contributed by atoms with E-state index in [2.05, 4.69) is 21.6 Å². The minimum atomic E-state index is -0.526. The van der Waals surface area contributed by atoms with Crippen molar-refractivity contribution in [1.29, 1.82) is 0 Å². The Morgan fingerprint density at radius 2 is 2.47 bits per heavy atom. The lowest BCUT2D eigenvalue weighted by Gasteiger charge is -2.11. The molecule has 1 aliphatic heterocycles. The first-order chi connectivity index (χ1) is 8.08. The molecule has 0 bridgehead atoms. The van der Waals surface area contributed by atoms with Crippen LogP contribution < -0.4 is 16.8 Å². The van der Waals surface area contributed by atoms with E-state index in [9.17, 15) is 4.79 Å². The monoisotopic (exact) mass is 255 g/mol. The van der Waals surface area contributed by atoms with Gasteiger partial charge in [0.2, 0.25) is 0 Å². The molecule has 1 fully saturated rings. The maximum Gasteiger partial charge on any atom is 0.255 e. The molecule has 1 amide bonds. The van der Waals surface area contributed by atoms with Crippen LogP contribution in [0.2, 0.25) is 0 Å². The summed E-state index contributed by atoms with van der Waals surface area (Å²) in [6.07, 6.45) is 1.17. The Hall–Kier alpha value is -1.34. The molecule has 2 rings (SSSR count). The van der Waals surface area contributed by atoms with Gasteiger partial charge >= 0.3 is 0 Å². The number of nitrogens with one attached hydrogen (secondary N) is 1. The minimum Gasteiger partial charge on any atom is -0.382 e. The van der Waals surface area contributed by atoms with Crippen molar-refractivity contribution in [2.45, 2.75) is 6.42 Å². The van der Waals surface area contributed by atoms with Crippen LogP contribution in [0.3, 0.4) is 0 Å². The standard InChI is InChI=1S/C10H17N5OS/c1-15-3-2-6(5-15)4-13-10-7(9(12)16)8(11)14-17-10/h6,13H,2-5H2,1H3,(H2,11,14)(H2,12,16). The van der Waals surface area contributed by atoms with Gasteiger partial charge in [0, 0.05) is 13.1 Å². The van der Waals surface area contributed by atoms with Gasteiger partial charge < -0.3 is 21.7 Å². The fraction of sp³-hybridized carbons (Fsp3) is 0.600. The predicted octanol–water partition coefficient (Wildman–Crippen LogP) is 0.188. The molecular weight excluding hydrogens is 238 g/mol. The van der Waals surface area contributed by atoms with Crippen LogP contribution >= 0.6 is 11.5 Å². The third-order valence-corrected chi connectivity index (χ3v) is 3.82. The third kappa shape index (κ3) is 2.67. The van der Waals surface area contributed by atoms with E-state index in [1.165, 1.54) is 18.0 Å². The molecular formula is C10H17N5OS. The van der Waals surface area contributed by atoms with Gasteiger partial charge in [-0.25, -0.2) is 0 Å². The van der Waals surface area contributed by atoms with E-state index in [4.69, 9.17) is 11.5 Å². The first-order valence-corrected chi connectivity index (χ1v) is 6.32. The molecule has 1 atom stereocenters. The van der Waals surface area contributed by atoms with Gasteiger partial charge in [-0.3, -0.25) is 4.79 Å². The van der Waals surface area contributed by atoms with Gasteiger partial charge in [-0.05, 0) is 37.5 Å². The first-order valence-electron chi connectivity index (χ1n) is 5.55. The second-order valence-corrected chi connectivity index (χ2v) is 5.21. The lowest BCUT2D eigenvalue weighted by Crippen LogP contribution is -2.20. The van der Waals surface area contributed by atoms with Gasteiger partial charge in [0.15, 0.2) is 5.82 Å².